The lowest BCUT2D eigenvalue weighted by Gasteiger charge is -2.26. The molecule has 1 aromatic heterocycles. The number of aromatic amines is 1. The van der Waals surface area contributed by atoms with Crippen LogP contribution in [0.1, 0.15) is 24.6 Å². The molecule has 1 saturated heterocycles. The Morgan fingerprint density at radius 2 is 1.90 bits per heavy atom. The molecule has 1 aliphatic rings. The number of ether oxygens (including phenoxy) is 1. The molecule has 0 bridgehead atoms. The van der Waals surface area contributed by atoms with Crippen molar-refractivity contribution in [2.24, 2.45) is 0 Å². The fourth-order valence-corrected chi connectivity index (χ4v) is 7.06. The Bertz CT molecular complexity index is 1070. The summed E-state index contributed by atoms with van der Waals surface area (Å²) in [6.45, 7) is -3.99. The Labute approximate surface area is 171 Å². The highest BCUT2D eigenvalue weighted by atomic mass is 32.5. The molecule has 0 spiro atoms. The lowest BCUT2D eigenvalue weighted by atomic mass is 10.2. The van der Waals surface area contributed by atoms with E-state index in [1.165, 1.54) is 13.1 Å². The molecule has 2 rings (SSSR count). The summed E-state index contributed by atoms with van der Waals surface area (Å²) in [5.41, 5.74) is -1.08. The van der Waals surface area contributed by atoms with Crippen LogP contribution in [0.2, 0.25) is 0 Å². The van der Waals surface area contributed by atoms with Gasteiger partial charge in [0.25, 0.3) is 5.56 Å². The summed E-state index contributed by atoms with van der Waals surface area (Å²) >= 11 is 4.35. The van der Waals surface area contributed by atoms with Gasteiger partial charge < -0.3 is 28.8 Å². The van der Waals surface area contributed by atoms with Crippen LogP contribution in [-0.4, -0.2) is 47.2 Å². The van der Waals surface area contributed by atoms with Crippen LogP contribution < -0.4 is 11.2 Å². The Kier molecular flexibility index (Phi) is 7.45. The fraction of sp³-hybridized carbons (Fsp3) is 0.636. The summed E-state index contributed by atoms with van der Waals surface area (Å²) in [6, 6.07) is 0. The van der Waals surface area contributed by atoms with Crippen LogP contribution in [-0.2, 0) is 34.5 Å². The van der Waals surface area contributed by atoms with Gasteiger partial charge in [0, 0.05) is 11.8 Å². The number of hydrogen-bond acceptors (Lipinski definition) is 8. The van der Waals surface area contributed by atoms with Gasteiger partial charge in [0.05, 0.1) is 12.7 Å². The summed E-state index contributed by atoms with van der Waals surface area (Å²) in [5, 5.41) is -5.52. The standard InChI is InChI=1S/C11H17F2N2O11P3S/c1-6-4-15(10(17)14-9(6)16)8-3-2-7(25-8)5-24-29(23,30)26-28(21,22)11(12,13)27(18,19)20/h4,7-8H,2-3,5H2,1H3,(H,21,22)(H,23,30)(H,14,16,17)(H2,18,19,20). The Hall–Kier alpha value is -0.630. The van der Waals surface area contributed by atoms with Gasteiger partial charge in [0.15, 0.2) is 0 Å². The highest BCUT2D eigenvalue weighted by Gasteiger charge is 2.66. The molecule has 30 heavy (non-hydrogen) atoms. The number of halogens is 2. The van der Waals surface area contributed by atoms with Gasteiger partial charge in [-0.05, 0) is 31.6 Å². The molecule has 5 N–H and O–H groups in total. The molecule has 0 aromatic carbocycles. The molecule has 1 fully saturated rings. The molecule has 1 aromatic rings. The molecule has 0 amide bonds. The summed E-state index contributed by atoms with van der Waals surface area (Å²) in [5.74, 6) is 0. The third-order valence-corrected chi connectivity index (χ3v) is 9.89. The van der Waals surface area contributed by atoms with E-state index in [1.807, 2.05) is 0 Å². The maximum absolute atomic E-state index is 13.4. The zero-order valence-corrected chi connectivity index (χ0v) is 18.5. The second-order valence-electron chi connectivity index (χ2n) is 6.19. The van der Waals surface area contributed by atoms with Gasteiger partial charge in [0.1, 0.15) is 6.23 Å². The van der Waals surface area contributed by atoms with Crippen LogP contribution in [0.25, 0.3) is 0 Å². The topological polar surface area (TPSA) is 198 Å². The van der Waals surface area contributed by atoms with Crippen molar-refractivity contribution in [1.82, 2.24) is 9.55 Å². The lowest BCUT2D eigenvalue weighted by molar-refractivity contribution is -0.0219. The number of hydrogen-bond donors (Lipinski definition) is 5. The van der Waals surface area contributed by atoms with E-state index in [0.29, 0.717) is 0 Å². The van der Waals surface area contributed by atoms with Crippen molar-refractivity contribution in [2.45, 2.75) is 37.5 Å². The van der Waals surface area contributed by atoms with Crippen molar-refractivity contribution in [3.63, 3.8) is 0 Å². The minimum Gasteiger partial charge on any atom is -0.352 e. The number of H-pyrrole nitrogens is 1. The Balaban J connectivity index is 2.02. The molecule has 1 aliphatic heterocycles. The van der Waals surface area contributed by atoms with Crippen LogP contribution >= 0.6 is 21.9 Å². The highest BCUT2D eigenvalue weighted by molar-refractivity contribution is 8.08. The van der Waals surface area contributed by atoms with E-state index in [9.17, 15) is 37.3 Å². The van der Waals surface area contributed by atoms with Crippen molar-refractivity contribution < 1.29 is 51.1 Å². The Morgan fingerprint density at radius 3 is 2.47 bits per heavy atom. The smallest absolute Gasteiger partial charge is 0.352 e. The molecule has 19 heteroatoms. The number of aryl methyl sites for hydroxylation is 1. The molecule has 0 saturated carbocycles. The van der Waals surface area contributed by atoms with E-state index < -0.39 is 57.5 Å². The normalized spacial score (nSPS) is 24.4. The first kappa shape index (κ1) is 25.6. The largest absolute Gasteiger partial charge is 0.444 e. The molecular formula is C11H17F2N2O11P3S. The molecule has 0 aliphatic carbocycles. The fourth-order valence-electron chi connectivity index (χ4n) is 2.37. The van der Waals surface area contributed by atoms with E-state index in [4.69, 9.17) is 14.5 Å². The summed E-state index contributed by atoms with van der Waals surface area (Å²) < 4.78 is 64.2. The maximum Gasteiger partial charge on any atom is 0.444 e. The first-order chi connectivity index (χ1) is 13.5. The zero-order chi connectivity index (χ0) is 23.1. The van der Waals surface area contributed by atoms with E-state index >= 15 is 0 Å². The average molecular weight is 516 g/mol. The predicted octanol–water partition coefficient (Wildman–Crippen LogP) is 0.686. The predicted molar refractivity (Wildman–Crippen MR) is 99.6 cm³/mol. The molecular weight excluding hydrogens is 499 g/mol. The minimum absolute atomic E-state index is 0.222. The number of nitrogens with zero attached hydrogens (tertiary/aromatic N) is 1. The van der Waals surface area contributed by atoms with Gasteiger partial charge in [-0.25, -0.2) is 9.11 Å². The van der Waals surface area contributed by atoms with Crippen LogP contribution in [0.4, 0.5) is 8.78 Å². The third kappa shape index (κ3) is 5.59. The minimum atomic E-state index is -6.42. The zero-order valence-electron chi connectivity index (χ0n) is 15.0. The van der Waals surface area contributed by atoms with Gasteiger partial charge in [0.2, 0.25) is 0 Å². The number of rotatable bonds is 8. The molecule has 4 unspecified atom stereocenters. The number of alkyl halides is 2. The van der Waals surface area contributed by atoms with Crippen molar-refractivity contribution in [3.8, 4) is 0 Å². The first-order valence-electron chi connectivity index (χ1n) is 7.89. The van der Waals surface area contributed by atoms with Crippen molar-refractivity contribution in [2.75, 3.05) is 6.61 Å². The van der Waals surface area contributed by atoms with Gasteiger partial charge in [-0.1, -0.05) is 0 Å². The van der Waals surface area contributed by atoms with Crippen molar-refractivity contribution in [1.29, 1.82) is 0 Å². The molecule has 0 radical (unpaired) electrons. The summed E-state index contributed by atoms with van der Waals surface area (Å²) in [4.78, 5) is 61.3. The van der Waals surface area contributed by atoms with Gasteiger partial charge in [-0.15, -0.1) is 0 Å². The van der Waals surface area contributed by atoms with Crippen LogP contribution in [0, 0.1) is 6.92 Å². The monoisotopic (exact) mass is 516 g/mol. The van der Waals surface area contributed by atoms with Crippen LogP contribution in [0.3, 0.4) is 0 Å². The van der Waals surface area contributed by atoms with Gasteiger partial charge in [-0.2, -0.15) is 8.78 Å². The lowest BCUT2D eigenvalue weighted by Crippen LogP contribution is -2.33. The molecule has 2 heterocycles. The average Bonchev–Trinajstić information content (AvgIpc) is 3.03. The van der Waals surface area contributed by atoms with Crippen LogP contribution in [0.5, 0.6) is 0 Å². The molecule has 13 nitrogen and oxygen atoms in total. The van der Waals surface area contributed by atoms with Crippen molar-refractivity contribution in [3.05, 3.63) is 32.6 Å². The number of nitrogens with one attached hydrogen (secondary N) is 1. The quantitative estimate of drug-likeness (QED) is 0.304. The third-order valence-electron chi connectivity index (χ3n) is 3.87. The van der Waals surface area contributed by atoms with E-state index in [0.717, 1.165) is 4.57 Å². The summed E-state index contributed by atoms with van der Waals surface area (Å²) in [7, 11) is -12.8. The van der Waals surface area contributed by atoms with Gasteiger partial charge >= 0.3 is 33.0 Å². The van der Waals surface area contributed by atoms with Gasteiger partial charge in [-0.3, -0.25) is 23.5 Å². The second-order valence-corrected chi connectivity index (χ2v) is 13.0. The van der Waals surface area contributed by atoms with E-state index in [1.54, 1.807) is 0 Å². The SMILES string of the molecule is Cc1cn(C2CCC(COP(O)(=S)OP(=O)(O)C(F)(F)P(=O)(O)O)O2)c(=O)[nH]c1=O. The first-order valence-corrected chi connectivity index (χ1v) is 13.7. The number of aromatic nitrogens is 2. The second kappa shape index (κ2) is 8.72. The van der Waals surface area contributed by atoms with Crippen molar-refractivity contribution >= 4 is 33.7 Å². The Morgan fingerprint density at radius 1 is 1.30 bits per heavy atom. The highest BCUT2D eigenvalue weighted by Crippen LogP contribution is 2.77. The van der Waals surface area contributed by atoms with E-state index in [2.05, 4.69) is 25.6 Å². The summed E-state index contributed by atoms with van der Waals surface area (Å²) in [6.07, 6.45) is 0.0547. The molecule has 172 valence electrons. The maximum atomic E-state index is 13.4. The van der Waals surface area contributed by atoms with E-state index in [-0.39, 0.29) is 18.4 Å². The molecule has 4 atom stereocenters. The van der Waals surface area contributed by atoms with Crippen LogP contribution in [0.15, 0.2) is 15.8 Å².